The van der Waals surface area contributed by atoms with Crippen molar-refractivity contribution in [3.05, 3.63) is 89.1 Å². The zero-order valence-electron chi connectivity index (χ0n) is 22.2. The van der Waals surface area contributed by atoms with E-state index in [-0.39, 0.29) is 11.3 Å². The predicted octanol–water partition coefficient (Wildman–Crippen LogP) is 2.79. The van der Waals surface area contributed by atoms with Gasteiger partial charge in [-0.1, -0.05) is 17.4 Å². The standard InChI is InChI=1S/C27H28N4O7S/c1-6-37-21-11-8-16(13-22(21)38-7-2)24-19(26(33)36-5)15-28-27-30(24)25(32)23(39-27)14-17-12-18(31(34)35)9-10-20(17)29(3)4/h8-15,24H,6-7H2,1-5H3/b23-14-/t24-/m0/s1. The first kappa shape index (κ1) is 27.6. The highest BCUT2D eigenvalue weighted by Gasteiger charge is 2.31. The summed E-state index contributed by atoms with van der Waals surface area (Å²) >= 11 is 1.12. The molecule has 1 atom stereocenters. The lowest BCUT2D eigenvalue weighted by Gasteiger charge is -2.23. The number of benzene rings is 2. The van der Waals surface area contributed by atoms with E-state index in [4.69, 9.17) is 14.2 Å². The first-order valence-corrected chi connectivity index (χ1v) is 13.0. The van der Waals surface area contributed by atoms with Crippen LogP contribution in [0.1, 0.15) is 31.0 Å². The van der Waals surface area contributed by atoms with Crippen molar-refractivity contribution in [2.24, 2.45) is 4.99 Å². The van der Waals surface area contributed by atoms with E-state index in [0.29, 0.717) is 50.9 Å². The van der Waals surface area contributed by atoms with Crippen LogP contribution in [0.3, 0.4) is 0 Å². The van der Waals surface area contributed by atoms with E-state index in [1.54, 1.807) is 35.2 Å². The molecule has 204 valence electrons. The van der Waals surface area contributed by atoms with Gasteiger partial charge in [0.15, 0.2) is 16.3 Å². The maximum absolute atomic E-state index is 13.8. The minimum atomic E-state index is -0.843. The third kappa shape index (κ3) is 5.41. The van der Waals surface area contributed by atoms with Crippen molar-refractivity contribution < 1.29 is 23.9 Å². The molecule has 0 saturated carbocycles. The number of nitro groups is 1. The van der Waals surface area contributed by atoms with Crippen LogP contribution in [0.15, 0.2) is 58.0 Å². The number of hydrogen-bond acceptors (Lipinski definition) is 10. The summed E-state index contributed by atoms with van der Waals surface area (Å²) in [7, 11) is 4.88. The molecular formula is C27H28N4O7S. The van der Waals surface area contributed by atoms with Gasteiger partial charge in [0.1, 0.15) is 0 Å². The van der Waals surface area contributed by atoms with Gasteiger partial charge in [-0.15, -0.1) is 0 Å². The van der Waals surface area contributed by atoms with Crippen LogP contribution < -0.4 is 29.3 Å². The largest absolute Gasteiger partial charge is 0.490 e. The molecular weight excluding hydrogens is 524 g/mol. The van der Waals surface area contributed by atoms with Gasteiger partial charge in [-0.3, -0.25) is 19.5 Å². The highest BCUT2D eigenvalue weighted by Crippen LogP contribution is 2.35. The van der Waals surface area contributed by atoms with Crippen molar-refractivity contribution in [1.29, 1.82) is 0 Å². The third-order valence-corrected chi connectivity index (χ3v) is 7.00. The number of non-ortho nitro benzene ring substituents is 1. The first-order valence-electron chi connectivity index (χ1n) is 12.1. The number of rotatable bonds is 9. The zero-order chi connectivity index (χ0) is 28.3. The summed E-state index contributed by atoms with van der Waals surface area (Å²) in [6, 6.07) is 8.87. The SMILES string of the molecule is CCOc1ccc([C@H]2C(C(=O)OC)=CN=c3s/c(=C\c4cc([N+](=O)[O-])ccc4N(C)C)c(=O)n32)cc1OCC. The van der Waals surface area contributed by atoms with E-state index in [1.807, 2.05) is 27.9 Å². The Labute approximate surface area is 228 Å². The monoisotopic (exact) mass is 552 g/mol. The Morgan fingerprint density at radius 3 is 2.51 bits per heavy atom. The molecule has 2 heterocycles. The third-order valence-electron chi connectivity index (χ3n) is 6.00. The van der Waals surface area contributed by atoms with Crippen molar-refractivity contribution in [3.8, 4) is 11.5 Å². The molecule has 0 amide bonds. The number of aromatic nitrogens is 1. The molecule has 39 heavy (non-hydrogen) atoms. The highest BCUT2D eigenvalue weighted by molar-refractivity contribution is 7.07. The molecule has 0 aliphatic carbocycles. The molecule has 1 aliphatic heterocycles. The molecule has 11 nitrogen and oxygen atoms in total. The fourth-order valence-corrected chi connectivity index (χ4v) is 5.27. The lowest BCUT2D eigenvalue weighted by Crippen LogP contribution is -2.39. The summed E-state index contributed by atoms with van der Waals surface area (Å²) in [6.07, 6.45) is 3.01. The number of esters is 1. The highest BCUT2D eigenvalue weighted by atomic mass is 32.1. The van der Waals surface area contributed by atoms with Crippen LogP contribution in [-0.2, 0) is 9.53 Å². The molecule has 1 aromatic heterocycles. The molecule has 0 fully saturated rings. The second-order valence-electron chi connectivity index (χ2n) is 8.64. The Balaban J connectivity index is 1.94. The van der Waals surface area contributed by atoms with Crippen LogP contribution in [0.4, 0.5) is 11.4 Å². The predicted molar refractivity (Wildman–Crippen MR) is 147 cm³/mol. The van der Waals surface area contributed by atoms with Gasteiger partial charge in [0.2, 0.25) is 0 Å². The summed E-state index contributed by atoms with van der Waals surface area (Å²) < 4.78 is 18.2. The van der Waals surface area contributed by atoms with Gasteiger partial charge in [0.25, 0.3) is 11.2 Å². The quantitative estimate of drug-likeness (QED) is 0.225. The van der Waals surface area contributed by atoms with Crippen molar-refractivity contribution in [2.75, 3.05) is 39.3 Å². The van der Waals surface area contributed by atoms with Crippen LogP contribution in [0.25, 0.3) is 6.08 Å². The molecule has 1 aliphatic rings. The van der Waals surface area contributed by atoms with Gasteiger partial charge in [-0.25, -0.2) is 9.79 Å². The average molecular weight is 553 g/mol. The molecule has 0 unspecified atom stereocenters. The maximum atomic E-state index is 13.8. The van der Waals surface area contributed by atoms with Crippen LogP contribution in [0.2, 0.25) is 0 Å². The zero-order valence-corrected chi connectivity index (χ0v) is 23.0. The Morgan fingerprint density at radius 2 is 1.87 bits per heavy atom. The molecule has 2 aromatic carbocycles. The Bertz CT molecular complexity index is 1640. The number of carbonyl (C=O) groups excluding carboxylic acids is 1. The number of fused-ring (bicyclic) bond motifs is 1. The van der Waals surface area contributed by atoms with E-state index in [1.165, 1.54) is 30.0 Å². The first-order chi connectivity index (χ1) is 18.7. The Morgan fingerprint density at radius 1 is 1.15 bits per heavy atom. The molecule has 0 radical (unpaired) electrons. The molecule has 0 saturated heterocycles. The summed E-state index contributed by atoms with van der Waals surface area (Å²) in [5.41, 5.74) is 1.48. The van der Waals surface area contributed by atoms with Crippen molar-refractivity contribution >= 4 is 34.8 Å². The van der Waals surface area contributed by atoms with E-state index < -0.39 is 22.5 Å². The van der Waals surface area contributed by atoms with Crippen LogP contribution in [0.5, 0.6) is 11.5 Å². The molecule has 0 bridgehead atoms. The van der Waals surface area contributed by atoms with Gasteiger partial charge in [0, 0.05) is 43.7 Å². The minimum absolute atomic E-state index is 0.0941. The smallest absolute Gasteiger partial charge is 0.337 e. The van der Waals surface area contributed by atoms with Crippen molar-refractivity contribution in [3.63, 3.8) is 0 Å². The van der Waals surface area contributed by atoms with Crippen molar-refractivity contribution in [1.82, 2.24) is 4.57 Å². The Hall–Kier alpha value is -4.45. The summed E-state index contributed by atoms with van der Waals surface area (Å²) in [5, 5.41) is 11.4. The lowest BCUT2D eigenvalue weighted by atomic mass is 9.97. The molecule has 3 aromatic rings. The number of nitrogens with zero attached hydrogens (tertiary/aromatic N) is 4. The topological polar surface area (TPSA) is 126 Å². The van der Waals surface area contributed by atoms with E-state index in [2.05, 4.69) is 4.99 Å². The minimum Gasteiger partial charge on any atom is -0.490 e. The molecule has 0 N–H and O–H groups in total. The second-order valence-corrected chi connectivity index (χ2v) is 9.65. The number of methoxy groups -OCH3 is 1. The number of thiazole rings is 1. The number of anilines is 1. The summed E-state index contributed by atoms with van der Waals surface area (Å²) in [6.45, 7) is 4.54. The van der Waals surface area contributed by atoms with E-state index >= 15 is 0 Å². The fourth-order valence-electron chi connectivity index (χ4n) is 4.31. The van der Waals surface area contributed by atoms with Crippen LogP contribution in [0, 0.1) is 10.1 Å². The van der Waals surface area contributed by atoms with Gasteiger partial charge in [-0.05, 0) is 43.7 Å². The summed E-state index contributed by atoms with van der Waals surface area (Å²) in [5.74, 6) is 0.395. The van der Waals surface area contributed by atoms with Crippen molar-refractivity contribution in [2.45, 2.75) is 19.9 Å². The molecule has 0 spiro atoms. The molecule has 12 heteroatoms. The fraction of sp³-hybridized carbons (Fsp3) is 0.296. The maximum Gasteiger partial charge on any atom is 0.337 e. The molecule has 4 rings (SSSR count). The Kier molecular flexibility index (Phi) is 8.15. The van der Waals surface area contributed by atoms with Gasteiger partial charge < -0.3 is 19.1 Å². The number of ether oxygens (including phenoxy) is 3. The average Bonchev–Trinajstić information content (AvgIpc) is 3.23. The van der Waals surface area contributed by atoms with Crippen LogP contribution in [-0.4, -0.2) is 49.9 Å². The van der Waals surface area contributed by atoms with E-state index in [0.717, 1.165) is 11.3 Å². The normalized spacial score (nSPS) is 14.6. The van der Waals surface area contributed by atoms with Gasteiger partial charge >= 0.3 is 5.97 Å². The van der Waals surface area contributed by atoms with Gasteiger partial charge in [-0.2, -0.15) is 0 Å². The van der Waals surface area contributed by atoms with Crippen LogP contribution >= 0.6 is 11.3 Å². The van der Waals surface area contributed by atoms with Gasteiger partial charge in [0.05, 0.1) is 41.4 Å². The number of hydrogen-bond donors (Lipinski definition) is 0. The second kappa shape index (κ2) is 11.5. The number of nitro benzene ring substituents is 1. The lowest BCUT2D eigenvalue weighted by molar-refractivity contribution is -0.384. The number of carbonyl (C=O) groups is 1. The summed E-state index contributed by atoms with van der Waals surface area (Å²) in [4.78, 5) is 44.1. The van der Waals surface area contributed by atoms with E-state index in [9.17, 15) is 19.7 Å².